The first-order valence-electron chi connectivity index (χ1n) is 8.85. The van der Waals surface area contributed by atoms with Crippen molar-refractivity contribution in [1.82, 2.24) is 20.4 Å². The van der Waals surface area contributed by atoms with Crippen LogP contribution < -0.4 is 4.74 Å². The molecule has 0 saturated carbocycles. The number of benzene rings is 2. The van der Waals surface area contributed by atoms with Crippen LogP contribution in [0, 0.1) is 0 Å². The van der Waals surface area contributed by atoms with Gasteiger partial charge in [0.05, 0.1) is 11.9 Å². The molecule has 4 rings (SSSR count). The highest BCUT2D eigenvalue weighted by Crippen LogP contribution is 2.35. The molecule has 0 saturated heterocycles. The maximum atomic E-state index is 5.78. The van der Waals surface area contributed by atoms with Gasteiger partial charge in [0.2, 0.25) is 17.7 Å². The summed E-state index contributed by atoms with van der Waals surface area (Å²) in [6.45, 7) is 4.52. The Morgan fingerprint density at radius 3 is 2.29 bits per heavy atom. The molecule has 0 aliphatic heterocycles. The fourth-order valence-corrected chi connectivity index (χ4v) is 3.25. The minimum atomic E-state index is -0.126. The average Bonchev–Trinajstić information content (AvgIpc) is 3.39. The van der Waals surface area contributed by atoms with Gasteiger partial charge < -0.3 is 13.6 Å². The first kappa shape index (κ1) is 18.2. The summed E-state index contributed by atoms with van der Waals surface area (Å²) in [5, 5.41) is 16.8. The third-order valence-corrected chi connectivity index (χ3v) is 4.83. The molecule has 0 bridgehead atoms. The van der Waals surface area contributed by atoms with E-state index >= 15 is 0 Å². The van der Waals surface area contributed by atoms with Crippen LogP contribution in [0.2, 0.25) is 0 Å². The molecule has 142 valence electrons. The number of hydrogen-bond acceptors (Lipinski definition) is 8. The molecule has 0 fully saturated rings. The molecule has 8 heteroatoms. The van der Waals surface area contributed by atoms with Crippen molar-refractivity contribution in [2.45, 2.75) is 24.3 Å². The lowest BCUT2D eigenvalue weighted by molar-refractivity contribution is 0.340. The Kier molecular flexibility index (Phi) is 5.38. The summed E-state index contributed by atoms with van der Waals surface area (Å²) < 4.78 is 17.0. The second-order valence-corrected chi connectivity index (χ2v) is 7.19. The molecule has 0 aliphatic rings. The van der Waals surface area contributed by atoms with Crippen LogP contribution in [0.15, 0.2) is 68.7 Å². The van der Waals surface area contributed by atoms with Crippen molar-refractivity contribution in [3.8, 4) is 28.7 Å². The van der Waals surface area contributed by atoms with Crippen LogP contribution in [0.25, 0.3) is 22.9 Å². The van der Waals surface area contributed by atoms with E-state index in [0.29, 0.717) is 29.5 Å². The molecule has 2 aromatic heterocycles. The Hall–Kier alpha value is -3.13. The topological polar surface area (TPSA) is 87.1 Å². The Bertz CT molecular complexity index is 1030. The van der Waals surface area contributed by atoms with E-state index in [1.54, 1.807) is 0 Å². The summed E-state index contributed by atoms with van der Waals surface area (Å²) in [5.41, 5.74) is 1.72. The summed E-state index contributed by atoms with van der Waals surface area (Å²) in [4.78, 5) is 0. The van der Waals surface area contributed by atoms with Crippen molar-refractivity contribution in [3.05, 3.63) is 60.5 Å². The average molecular weight is 394 g/mol. The number of aromatic nitrogens is 4. The van der Waals surface area contributed by atoms with Crippen LogP contribution in [0.1, 0.15) is 25.0 Å². The van der Waals surface area contributed by atoms with E-state index in [-0.39, 0.29) is 5.25 Å². The fourth-order valence-electron chi connectivity index (χ4n) is 2.53. The zero-order valence-corrected chi connectivity index (χ0v) is 16.2. The van der Waals surface area contributed by atoms with E-state index in [1.807, 2.05) is 68.4 Å². The van der Waals surface area contributed by atoms with Gasteiger partial charge in [0, 0.05) is 11.1 Å². The van der Waals surface area contributed by atoms with Crippen LogP contribution in [0.5, 0.6) is 5.75 Å². The predicted molar refractivity (Wildman–Crippen MR) is 105 cm³/mol. The molecular formula is C20H18N4O3S. The molecule has 28 heavy (non-hydrogen) atoms. The molecule has 0 amide bonds. The monoisotopic (exact) mass is 394 g/mol. The lowest BCUT2D eigenvalue weighted by atomic mass is 10.2. The van der Waals surface area contributed by atoms with Crippen molar-refractivity contribution in [2.75, 3.05) is 6.61 Å². The summed E-state index contributed by atoms with van der Waals surface area (Å²) >= 11 is 1.37. The zero-order chi connectivity index (χ0) is 19.3. The summed E-state index contributed by atoms with van der Waals surface area (Å²) in [7, 11) is 0. The molecule has 2 aromatic carbocycles. The van der Waals surface area contributed by atoms with Gasteiger partial charge in [0.1, 0.15) is 5.75 Å². The van der Waals surface area contributed by atoms with Gasteiger partial charge in [0.25, 0.3) is 5.22 Å². The molecule has 1 atom stereocenters. The van der Waals surface area contributed by atoms with Gasteiger partial charge in [-0.2, -0.15) is 0 Å². The van der Waals surface area contributed by atoms with Crippen molar-refractivity contribution < 1.29 is 13.6 Å². The van der Waals surface area contributed by atoms with Gasteiger partial charge in [-0.15, -0.1) is 20.4 Å². The summed E-state index contributed by atoms with van der Waals surface area (Å²) in [5.74, 6) is 2.25. The molecule has 0 aliphatic carbocycles. The van der Waals surface area contributed by atoms with Gasteiger partial charge in [-0.05, 0) is 50.2 Å². The van der Waals surface area contributed by atoms with Gasteiger partial charge >= 0.3 is 0 Å². The SMILES string of the molecule is CCOc1ccc(-c2nnc(S[C@@H](C)c3nnc(-c4ccccc4)o3)o2)cc1. The third-order valence-electron chi connectivity index (χ3n) is 3.91. The number of hydrogen-bond donors (Lipinski definition) is 0. The quantitative estimate of drug-likeness (QED) is 0.403. The van der Waals surface area contributed by atoms with Gasteiger partial charge in [0.15, 0.2) is 0 Å². The van der Waals surface area contributed by atoms with Crippen molar-refractivity contribution in [1.29, 1.82) is 0 Å². The van der Waals surface area contributed by atoms with Crippen molar-refractivity contribution >= 4 is 11.8 Å². The molecule has 4 aromatic rings. The van der Waals surface area contributed by atoms with Crippen LogP contribution in [-0.2, 0) is 0 Å². The molecule has 0 N–H and O–H groups in total. The first-order chi connectivity index (χ1) is 13.7. The smallest absolute Gasteiger partial charge is 0.277 e. The number of thioether (sulfide) groups is 1. The summed E-state index contributed by atoms with van der Waals surface area (Å²) in [6, 6.07) is 17.2. The molecule has 7 nitrogen and oxygen atoms in total. The highest BCUT2D eigenvalue weighted by Gasteiger charge is 2.19. The van der Waals surface area contributed by atoms with Crippen LogP contribution in [-0.4, -0.2) is 27.0 Å². The third kappa shape index (κ3) is 4.07. The van der Waals surface area contributed by atoms with Gasteiger partial charge in [-0.25, -0.2) is 0 Å². The summed E-state index contributed by atoms with van der Waals surface area (Å²) in [6.07, 6.45) is 0. The van der Waals surface area contributed by atoms with E-state index in [4.69, 9.17) is 13.6 Å². The molecule has 0 unspecified atom stereocenters. The maximum Gasteiger partial charge on any atom is 0.277 e. The highest BCUT2D eigenvalue weighted by molar-refractivity contribution is 7.99. The lowest BCUT2D eigenvalue weighted by Gasteiger charge is -2.03. The van der Waals surface area contributed by atoms with E-state index in [9.17, 15) is 0 Å². The van der Waals surface area contributed by atoms with Crippen LogP contribution in [0.4, 0.5) is 0 Å². The standard InChI is InChI=1S/C20H18N4O3S/c1-3-25-16-11-9-15(10-12-16)19-23-24-20(27-19)28-13(2)17-21-22-18(26-17)14-7-5-4-6-8-14/h4-13H,3H2,1-2H3/t13-/m0/s1. The van der Waals surface area contributed by atoms with Crippen molar-refractivity contribution in [2.24, 2.45) is 0 Å². The Balaban J connectivity index is 1.44. The van der Waals surface area contributed by atoms with Crippen LogP contribution in [0.3, 0.4) is 0 Å². The Morgan fingerprint density at radius 2 is 1.54 bits per heavy atom. The second kappa shape index (κ2) is 8.26. The normalized spacial score (nSPS) is 12.1. The maximum absolute atomic E-state index is 5.78. The fraction of sp³-hybridized carbons (Fsp3) is 0.200. The number of ether oxygens (including phenoxy) is 1. The largest absolute Gasteiger partial charge is 0.494 e. The zero-order valence-electron chi connectivity index (χ0n) is 15.4. The molecule has 0 spiro atoms. The van der Waals surface area contributed by atoms with Gasteiger partial charge in [-0.3, -0.25) is 0 Å². The van der Waals surface area contributed by atoms with Crippen LogP contribution >= 0.6 is 11.8 Å². The van der Waals surface area contributed by atoms with E-state index in [1.165, 1.54) is 11.8 Å². The van der Waals surface area contributed by atoms with E-state index in [2.05, 4.69) is 20.4 Å². The Labute approximate surface area is 166 Å². The minimum absolute atomic E-state index is 0.126. The lowest BCUT2D eigenvalue weighted by Crippen LogP contribution is -1.90. The minimum Gasteiger partial charge on any atom is -0.494 e. The predicted octanol–water partition coefficient (Wildman–Crippen LogP) is 5.04. The molecule has 0 radical (unpaired) electrons. The van der Waals surface area contributed by atoms with Crippen molar-refractivity contribution in [3.63, 3.8) is 0 Å². The molecular weight excluding hydrogens is 376 g/mol. The number of rotatable bonds is 7. The van der Waals surface area contributed by atoms with E-state index in [0.717, 1.165) is 16.9 Å². The molecule has 2 heterocycles. The van der Waals surface area contributed by atoms with Gasteiger partial charge in [-0.1, -0.05) is 30.0 Å². The number of nitrogens with zero attached hydrogens (tertiary/aromatic N) is 4. The second-order valence-electron chi connectivity index (χ2n) is 5.90. The first-order valence-corrected chi connectivity index (χ1v) is 9.73. The Morgan fingerprint density at radius 1 is 0.857 bits per heavy atom. The highest BCUT2D eigenvalue weighted by atomic mass is 32.2. The van der Waals surface area contributed by atoms with E-state index < -0.39 is 0 Å².